The molecule has 0 radical (unpaired) electrons. The summed E-state index contributed by atoms with van der Waals surface area (Å²) in [5.41, 5.74) is -0.168. The molecule has 4 fully saturated rings. The summed E-state index contributed by atoms with van der Waals surface area (Å²) in [6.07, 6.45) is 4.66. The van der Waals surface area contributed by atoms with Gasteiger partial charge in [0.2, 0.25) is 0 Å². The van der Waals surface area contributed by atoms with Gasteiger partial charge in [-0.1, -0.05) is 13.8 Å². The lowest BCUT2D eigenvalue weighted by Crippen LogP contribution is -2.59. The highest BCUT2D eigenvalue weighted by Gasteiger charge is 2.66. The quantitative estimate of drug-likeness (QED) is 0.560. The van der Waals surface area contributed by atoms with E-state index in [0.29, 0.717) is 25.7 Å². The van der Waals surface area contributed by atoms with Crippen LogP contribution in [0, 0.1) is 34.5 Å². The van der Waals surface area contributed by atoms with Crippen LogP contribution in [0.5, 0.6) is 0 Å². The van der Waals surface area contributed by atoms with Crippen LogP contribution in [0.25, 0.3) is 0 Å². The smallest absolute Gasteiger partial charge is 0.397 e. The van der Waals surface area contributed by atoms with E-state index in [9.17, 15) is 23.4 Å². The van der Waals surface area contributed by atoms with Gasteiger partial charge in [-0.05, 0) is 91.6 Å². The number of rotatable bonds is 3. The molecule has 10 unspecified atom stereocenters. The summed E-state index contributed by atoms with van der Waals surface area (Å²) >= 11 is 0. The lowest BCUT2D eigenvalue weighted by atomic mass is 9.43. The normalized spacial score (nSPS) is 47.4. The van der Waals surface area contributed by atoms with Crippen molar-refractivity contribution in [1.29, 1.82) is 0 Å². The molecule has 33 heavy (non-hydrogen) atoms. The van der Waals surface area contributed by atoms with Gasteiger partial charge in [0.05, 0.1) is 24.6 Å². The van der Waals surface area contributed by atoms with Gasteiger partial charge in [-0.25, -0.2) is 8.98 Å². The van der Waals surface area contributed by atoms with E-state index in [1.165, 1.54) is 12.3 Å². The molecular weight excluding hydrogens is 448 g/mol. The van der Waals surface area contributed by atoms with Crippen LogP contribution in [0.15, 0.2) is 27.6 Å². The van der Waals surface area contributed by atoms with Gasteiger partial charge in [0, 0.05) is 11.5 Å². The predicted octanol–water partition coefficient (Wildman–Crippen LogP) is 2.90. The zero-order valence-electron chi connectivity index (χ0n) is 19.1. The van der Waals surface area contributed by atoms with E-state index in [-0.39, 0.29) is 35.0 Å². The molecule has 5 rings (SSSR count). The third-order valence-corrected chi connectivity index (χ3v) is 10.6. The molecule has 0 saturated heterocycles. The van der Waals surface area contributed by atoms with Crippen LogP contribution < -0.4 is 5.63 Å². The number of aliphatic hydroxyl groups is 2. The average Bonchev–Trinajstić information content (AvgIpc) is 3.01. The van der Waals surface area contributed by atoms with Gasteiger partial charge in [-0.2, -0.15) is 8.42 Å². The van der Waals surface area contributed by atoms with Crippen molar-refractivity contribution >= 4 is 10.4 Å². The second-order valence-electron chi connectivity index (χ2n) is 11.4. The minimum absolute atomic E-state index is 0.0623. The molecule has 8 nitrogen and oxygen atoms in total. The summed E-state index contributed by atoms with van der Waals surface area (Å²) < 4.78 is 41.6. The summed E-state index contributed by atoms with van der Waals surface area (Å²) in [5.74, 6) is 0.566. The minimum Gasteiger partial charge on any atom is -0.431 e. The fourth-order valence-electron chi connectivity index (χ4n) is 8.58. The van der Waals surface area contributed by atoms with E-state index in [1.807, 2.05) is 0 Å². The van der Waals surface area contributed by atoms with E-state index < -0.39 is 39.8 Å². The molecule has 0 bridgehead atoms. The third kappa shape index (κ3) is 3.71. The largest absolute Gasteiger partial charge is 0.431 e. The van der Waals surface area contributed by atoms with Crippen molar-refractivity contribution in [3.05, 3.63) is 34.4 Å². The van der Waals surface area contributed by atoms with Gasteiger partial charge >= 0.3 is 16.0 Å². The molecule has 184 valence electrons. The molecule has 10 atom stereocenters. The summed E-state index contributed by atoms with van der Waals surface area (Å²) in [5, 5.41) is 22.8. The van der Waals surface area contributed by atoms with Crippen LogP contribution in [0.2, 0.25) is 0 Å². The molecule has 1 aromatic heterocycles. The molecule has 0 amide bonds. The molecule has 3 N–H and O–H groups in total. The van der Waals surface area contributed by atoms with E-state index in [0.717, 1.165) is 24.8 Å². The Bertz CT molecular complexity index is 1050. The van der Waals surface area contributed by atoms with Crippen LogP contribution in [0.1, 0.15) is 70.3 Å². The number of fused-ring (bicyclic) bond motifs is 5. The number of hydrogen-bond acceptors (Lipinski definition) is 7. The molecule has 0 aliphatic heterocycles. The van der Waals surface area contributed by atoms with Crippen LogP contribution in [0.4, 0.5) is 0 Å². The Hall–Kier alpha value is -1.26. The zero-order valence-corrected chi connectivity index (χ0v) is 19.9. The van der Waals surface area contributed by atoms with Crippen molar-refractivity contribution in [1.82, 2.24) is 0 Å². The van der Waals surface area contributed by atoms with Gasteiger partial charge < -0.3 is 14.6 Å². The highest BCUT2D eigenvalue weighted by Crippen LogP contribution is 2.69. The summed E-state index contributed by atoms with van der Waals surface area (Å²) in [4.78, 5) is 11.5. The van der Waals surface area contributed by atoms with E-state index in [2.05, 4.69) is 13.8 Å². The Kier molecular flexibility index (Phi) is 5.61. The first-order valence-electron chi connectivity index (χ1n) is 12.0. The molecule has 4 aliphatic carbocycles. The number of hydrogen-bond donors (Lipinski definition) is 3. The highest BCUT2D eigenvalue weighted by atomic mass is 32.3. The first-order valence-corrected chi connectivity index (χ1v) is 13.4. The molecule has 4 aliphatic rings. The van der Waals surface area contributed by atoms with Gasteiger partial charge in [-0.3, -0.25) is 4.55 Å². The molecule has 9 heteroatoms. The van der Waals surface area contributed by atoms with Gasteiger partial charge in [0.25, 0.3) is 0 Å². The Morgan fingerprint density at radius 3 is 2.52 bits per heavy atom. The first kappa shape index (κ1) is 23.5. The SMILES string of the molecule is CC12CCC(OS(=O)(=O)O)CC1CCC1C2CC(O)C2(C)C(c3ccc(=O)oc3)CC(O)C12. The molecule has 1 aromatic rings. The van der Waals surface area contributed by atoms with Crippen molar-refractivity contribution in [2.45, 2.75) is 83.0 Å². The van der Waals surface area contributed by atoms with Crippen molar-refractivity contribution in [2.24, 2.45) is 34.5 Å². The molecule has 0 spiro atoms. The fourth-order valence-corrected chi connectivity index (χ4v) is 9.10. The van der Waals surface area contributed by atoms with E-state index in [4.69, 9.17) is 13.2 Å². The maximum atomic E-state index is 11.6. The Morgan fingerprint density at radius 1 is 1.09 bits per heavy atom. The van der Waals surface area contributed by atoms with E-state index in [1.54, 1.807) is 6.07 Å². The first-order chi connectivity index (χ1) is 15.4. The number of aliphatic hydroxyl groups excluding tert-OH is 2. The molecule has 0 aromatic carbocycles. The van der Waals surface area contributed by atoms with Crippen molar-refractivity contribution in [3.63, 3.8) is 0 Å². The highest BCUT2D eigenvalue weighted by molar-refractivity contribution is 7.80. The zero-order chi connectivity index (χ0) is 23.8. The predicted molar refractivity (Wildman–Crippen MR) is 119 cm³/mol. The topological polar surface area (TPSA) is 134 Å². The summed E-state index contributed by atoms with van der Waals surface area (Å²) in [6.45, 7) is 4.33. The van der Waals surface area contributed by atoms with E-state index >= 15 is 0 Å². The van der Waals surface area contributed by atoms with Gasteiger partial charge in [0.1, 0.15) is 0 Å². The second kappa shape index (κ2) is 7.88. The lowest BCUT2D eigenvalue weighted by molar-refractivity contribution is -0.176. The third-order valence-electron chi connectivity index (χ3n) is 10.1. The molecule has 4 saturated carbocycles. The summed E-state index contributed by atoms with van der Waals surface area (Å²) in [6, 6.07) is 3.15. The average molecular weight is 483 g/mol. The molecule has 1 heterocycles. The molecular formula is C24H34O8S. The monoisotopic (exact) mass is 482 g/mol. The van der Waals surface area contributed by atoms with Gasteiger partial charge in [0.15, 0.2) is 0 Å². The van der Waals surface area contributed by atoms with Crippen LogP contribution in [0.3, 0.4) is 0 Å². The Morgan fingerprint density at radius 2 is 1.85 bits per heavy atom. The fraction of sp³-hybridized carbons (Fsp3) is 0.792. The van der Waals surface area contributed by atoms with Crippen molar-refractivity contribution in [2.75, 3.05) is 0 Å². The Balaban J connectivity index is 1.43. The van der Waals surface area contributed by atoms with Crippen LogP contribution >= 0.6 is 0 Å². The van der Waals surface area contributed by atoms with Crippen LogP contribution in [-0.2, 0) is 14.6 Å². The maximum absolute atomic E-state index is 11.6. The van der Waals surface area contributed by atoms with Gasteiger partial charge in [-0.15, -0.1) is 0 Å². The maximum Gasteiger partial charge on any atom is 0.397 e. The summed E-state index contributed by atoms with van der Waals surface area (Å²) in [7, 11) is -4.48. The Labute approximate surface area is 194 Å². The standard InChI is InChI=1S/C24H34O8S/c1-23-8-7-15(32-33(28,29)30)9-14(23)4-5-16-18(23)11-20(26)24(2)17(10-19(25)22(16)24)13-3-6-21(27)31-12-13/h3,6,12,14-20,22,25-26H,4-5,7-11H2,1-2H3,(H,28,29,30). The van der Waals surface area contributed by atoms with Crippen LogP contribution in [-0.4, -0.2) is 41.5 Å². The minimum atomic E-state index is -4.48. The van der Waals surface area contributed by atoms with Crippen molar-refractivity contribution in [3.8, 4) is 0 Å². The second-order valence-corrected chi connectivity index (χ2v) is 12.4. The lowest BCUT2D eigenvalue weighted by Gasteiger charge is -2.62. The van der Waals surface area contributed by atoms with Crippen molar-refractivity contribution < 1.29 is 31.8 Å².